The van der Waals surface area contributed by atoms with Gasteiger partial charge in [-0.1, -0.05) is 31.5 Å². The quantitative estimate of drug-likeness (QED) is 0.762. The lowest BCUT2D eigenvalue weighted by atomic mass is 10.1. The van der Waals surface area contributed by atoms with Crippen molar-refractivity contribution < 1.29 is 14.3 Å². The van der Waals surface area contributed by atoms with Crippen LogP contribution >= 0.6 is 11.3 Å². The van der Waals surface area contributed by atoms with E-state index in [0.29, 0.717) is 30.2 Å². The lowest BCUT2D eigenvalue weighted by Crippen LogP contribution is -2.23. The van der Waals surface area contributed by atoms with Crippen LogP contribution in [0.3, 0.4) is 0 Å². The number of primary amides is 1. The average Bonchev–Trinajstić information content (AvgIpc) is 2.94. The topological polar surface area (TPSA) is 93.5 Å². The zero-order valence-electron chi connectivity index (χ0n) is 14.1. The zero-order chi connectivity index (χ0) is 17.8. The molecule has 1 aliphatic rings. The van der Waals surface area contributed by atoms with Gasteiger partial charge < -0.3 is 15.8 Å². The van der Waals surface area contributed by atoms with E-state index in [9.17, 15) is 9.59 Å². The number of aryl methyl sites for hydroxylation is 1. The van der Waals surface area contributed by atoms with Crippen LogP contribution in [-0.2, 0) is 24.2 Å². The zero-order valence-corrected chi connectivity index (χ0v) is 14.9. The van der Waals surface area contributed by atoms with Crippen molar-refractivity contribution in [1.29, 1.82) is 0 Å². The van der Waals surface area contributed by atoms with E-state index in [1.807, 2.05) is 24.3 Å². The summed E-state index contributed by atoms with van der Waals surface area (Å²) in [5, 5.41) is 6.12. The Balaban J connectivity index is 1.80. The molecule has 1 aromatic heterocycles. The Morgan fingerprint density at radius 1 is 1.28 bits per heavy atom. The molecule has 132 valence electrons. The van der Waals surface area contributed by atoms with E-state index in [-0.39, 0.29) is 6.03 Å². The second kappa shape index (κ2) is 7.67. The first-order valence-electron chi connectivity index (χ1n) is 8.28. The molecule has 25 heavy (non-hydrogen) atoms. The number of carbonyl (C=O) groups excluding carboxylic acids is 2. The van der Waals surface area contributed by atoms with Crippen LogP contribution in [0.5, 0.6) is 0 Å². The molecule has 4 N–H and O–H groups in total. The molecule has 3 rings (SSSR count). The Kier molecular flexibility index (Phi) is 5.35. The van der Waals surface area contributed by atoms with Gasteiger partial charge >= 0.3 is 6.03 Å². The van der Waals surface area contributed by atoms with Crippen LogP contribution in [-0.4, -0.2) is 18.5 Å². The molecule has 1 aliphatic heterocycles. The number of nitrogens with two attached hydrogens (primary N) is 1. The maximum absolute atomic E-state index is 12.4. The number of ether oxygens (including phenoxy) is 1. The number of fused-ring (bicyclic) bond motifs is 1. The molecule has 2 heterocycles. The number of benzene rings is 1. The predicted octanol–water partition coefficient (Wildman–Crippen LogP) is 3.52. The summed E-state index contributed by atoms with van der Waals surface area (Å²) in [6.45, 7) is 3.09. The maximum Gasteiger partial charge on any atom is 0.324 e. The molecule has 0 unspecified atom stereocenters. The molecule has 0 fully saturated rings. The number of hydrogen-bond donors (Lipinski definition) is 3. The largest absolute Gasteiger partial charge is 0.376 e. The van der Waals surface area contributed by atoms with Gasteiger partial charge in [0.05, 0.1) is 18.8 Å². The highest BCUT2D eigenvalue weighted by Gasteiger charge is 2.25. The SMILES string of the molecule is CCCc1ccccc1NC(=O)Nc1sc2c(c1C(N)=O)CCOC2. The summed E-state index contributed by atoms with van der Waals surface area (Å²) in [6, 6.07) is 7.31. The van der Waals surface area contributed by atoms with Crippen molar-refractivity contribution in [3.05, 3.63) is 45.8 Å². The first kappa shape index (κ1) is 17.4. The third-order valence-electron chi connectivity index (χ3n) is 4.08. The Morgan fingerprint density at radius 2 is 2.08 bits per heavy atom. The van der Waals surface area contributed by atoms with Gasteiger partial charge in [0, 0.05) is 10.6 Å². The van der Waals surface area contributed by atoms with Crippen LogP contribution in [0.15, 0.2) is 24.3 Å². The summed E-state index contributed by atoms with van der Waals surface area (Å²) in [5.74, 6) is -0.527. The van der Waals surface area contributed by atoms with Crippen LogP contribution in [0.25, 0.3) is 0 Å². The summed E-state index contributed by atoms with van der Waals surface area (Å²) in [5.41, 5.74) is 8.68. The molecule has 2 aromatic rings. The van der Waals surface area contributed by atoms with E-state index in [1.165, 1.54) is 11.3 Å². The van der Waals surface area contributed by atoms with Crippen LogP contribution in [0.2, 0.25) is 0 Å². The number of para-hydroxylation sites is 1. The number of hydrogen-bond acceptors (Lipinski definition) is 4. The maximum atomic E-state index is 12.4. The fourth-order valence-electron chi connectivity index (χ4n) is 2.97. The van der Waals surface area contributed by atoms with E-state index >= 15 is 0 Å². The van der Waals surface area contributed by atoms with Gasteiger partial charge in [0.2, 0.25) is 0 Å². The standard InChI is InChI=1S/C18H21N3O3S/c1-2-5-11-6-3-4-7-13(11)20-18(23)21-17-15(16(19)22)12-8-9-24-10-14(12)25-17/h3-4,6-7H,2,5,8-10H2,1H3,(H2,19,22)(H2,20,21,23). The number of amides is 3. The summed E-state index contributed by atoms with van der Waals surface area (Å²) < 4.78 is 5.42. The summed E-state index contributed by atoms with van der Waals surface area (Å²) >= 11 is 1.35. The number of thiophene rings is 1. The monoisotopic (exact) mass is 359 g/mol. The molecule has 1 aromatic carbocycles. The van der Waals surface area contributed by atoms with Crippen LogP contribution in [0.1, 0.15) is 39.7 Å². The summed E-state index contributed by atoms with van der Waals surface area (Å²) in [7, 11) is 0. The van der Waals surface area contributed by atoms with Crippen LogP contribution in [0, 0.1) is 0 Å². The van der Waals surface area contributed by atoms with Gasteiger partial charge in [-0.15, -0.1) is 11.3 Å². The average molecular weight is 359 g/mol. The van der Waals surface area contributed by atoms with Gasteiger partial charge in [0.1, 0.15) is 5.00 Å². The van der Waals surface area contributed by atoms with Gasteiger partial charge in [-0.2, -0.15) is 0 Å². The number of carbonyl (C=O) groups is 2. The van der Waals surface area contributed by atoms with E-state index in [0.717, 1.165) is 34.5 Å². The number of urea groups is 1. The molecule has 0 saturated carbocycles. The van der Waals surface area contributed by atoms with Gasteiger partial charge in [0.15, 0.2) is 0 Å². The molecule has 0 bridgehead atoms. The van der Waals surface area contributed by atoms with Crippen LogP contribution in [0.4, 0.5) is 15.5 Å². The second-order valence-electron chi connectivity index (χ2n) is 5.86. The molecule has 0 spiro atoms. The van der Waals surface area contributed by atoms with Crippen molar-refractivity contribution in [2.75, 3.05) is 17.2 Å². The van der Waals surface area contributed by atoms with Gasteiger partial charge in [-0.3, -0.25) is 10.1 Å². The van der Waals surface area contributed by atoms with Crippen molar-refractivity contribution >= 4 is 34.0 Å². The van der Waals surface area contributed by atoms with Crippen molar-refractivity contribution in [2.45, 2.75) is 32.8 Å². The van der Waals surface area contributed by atoms with Gasteiger partial charge in [-0.25, -0.2) is 4.79 Å². The van der Waals surface area contributed by atoms with E-state index in [4.69, 9.17) is 10.5 Å². The minimum absolute atomic E-state index is 0.384. The molecule has 0 saturated heterocycles. The summed E-state index contributed by atoms with van der Waals surface area (Å²) in [6.07, 6.45) is 2.50. The molecule has 0 radical (unpaired) electrons. The number of rotatable bonds is 5. The highest BCUT2D eigenvalue weighted by molar-refractivity contribution is 7.17. The van der Waals surface area contributed by atoms with Crippen LogP contribution < -0.4 is 16.4 Å². The first-order chi connectivity index (χ1) is 12.1. The second-order valence-corrected chi connectivity index (χ2v) is 6.97. The third kappa shape index (κ3) is 3.83. The number of anilines is 2. The fourth-order valence-corrected chi connectivity index (χ4v) is 4.15. The minimum atomic E-state index is -0.527. The number of nitrogens with one attached hydrogen (secondary N) is 2. The van der Waals surface area contributed by atoms with Crippen molar-refractivity contribution in [2.24, 2.45) is 5.73 Å². The van der Waals surface area contributed by atoms with Gasteiger partial charge in [0.25, 0.3) is 5.91 Å². The van der Waals surface area contributed by atoms with E-state index in [1.54, 1.807) is 0 Å². The predicted molar refractivity (Wildman–Crippen MR) is 99.3 cm³/mol. The molecular weight excluding hydrogens is 338 g/mol. The van der Waals surface area contributed by atoms with Crippen molar-refractivity contribution in [3.63, 3.8) is 0 Å². The Labute approximate surface area is 150 Å². The highest BCUT2D eigenvalue weighted by atomic mass is 32.1. The molecule has 0 atom stereocenters. The van der Waals surface area contributed by atoms with Crippen molar-refractivity contribution in [3.8, 4) is 0 Å². The Hall–Kier alpha value is -2.38. The molecule has 3 amide bonds. The first-order valence-corrected chi connectivity index (χ1v) is 9.09. The molecular formula is C18H21N3O3S. The Morgan fingerprint density at radius 3 is 2.84 bits per heavy atom. The summed E-state index contributed by atoms with van der Waals surface area (Å²) in [4.78, 5) is 25.2. The molecule has 0 aliphatic carbocycles. The Bertz CT molecular complexity index is 801. The lowest BCUT2D eigenvalue weighted by Gasteiger charge is -2.12. The highest BCUT2D eigenvalue weighted by Crippen LogP contribution is 2.36. The normalized spacial score (nSPS) is 13.2. The lowest BCUT2D eigenvalue weighted by molar-refractivity contribution is 0.0991. The fraction of sp³-hybridized carbons (Fsp3) is 0.333. The van der Waals surface area contributed by atoms with Gasteiger partial charge in [-0.05, 0) is 30.0 Å². The van der Waals surface area contributed by atoms with Crippen molar-refractivity contribution in [1.82, 2.24) is 0 Å². The molecule has 6 nitrogen and oxygen atoms in total. The third-order valence-corrected chi connectivity index (χ3v) is 5.20. The minimum Gasteiger partial charge on any atom is -0.376 e. The smallest absolute Gasteiger partial charge is 0.324 e. The van der Waals surface area contributed by atoms with E-state index < -0.39 is 5.91 Å². The van der Waals surface area contributed by atoms with E-state index in [2.05, 4.69) is 17.6 Å². The molecule has 7 heteroatoms.